The monoisotopic (exact) mass is 341 g/mol. The zero-order chi connectivity index (χ0) is 15.6. The second-order valence-electron chi connectivity index (χ2n) is 6.94. The number of fused-ring (bicyclic) bond motifs is 2. The summed E-state index contributed by atoms with van der Waals surface area (Å²) in [5.41, 5.74) is 4.14. The zero-order valence-corrected chi connectivity index (χ0v) is 14.8. The molecule has 2 nitrogen and oxygen atoms in total. The first-order valence-electron chi connectivity index (χ1n) is 8.61. The molecule has 3 heteroatoms. The van der Waals surface area contributed by atoms with E-state index in [1.807, 2.05) is 0 Å². The van der Waals surface area contributed by atoms with Crippen LogP contribution in [0.5, 0.6) is 0 Å². The van der Waals surface area contributed by atoms with Crippen molar-refractivity contribution < 1.29 is 21.7 Å². The minimum absolute atomic E-state index is 0. The van der Waals surface area contributed by atoms with Gasteiger partial charge in [-0.3, -0.25) is 0 Å². The van der Waals surface area contributed by atoms with Gasteiger partial charge in [0, 0.05) is 23.1 Å². The van der Waals surface area contributed by atoms with Gasteiger partial charge in [0.1, 0.15) is 0 Å². The van der Waals surface area contributed by atoms with Crippen LogP contribution in [0.3, 0.4) is 0 Å². The highest BCUT2D eigenvalue weighted by Gasteiger charge is 2.36. The van der Waals surface area contributed by atoms with E-state index in [-0.39, 0.29) is 18.5 Å². The van der Waals surface area contributed by atoms with E-state index in [0.717, 1.165) is 19.1 Å². The number of halogens is 1. The van der Waals surface area contributed by atoms with E-state index in [1.54, 1.807) is 0 Å². The van der Waals surface area contributed by atoms with Crippen molar-refractivity contribution in [2.75, 3.05) is 6.61 Å². The maximum Gasteiger partial charge on any atom is 0.174 e. The van der Waals surface area contributed by atoms with Gasteiger partial charge in [0.25, 0.3) is 0 Å². The summed E-state index contributed by atoms with van der Waals surface area (Å²) in [6, 6.07) is 15.0. The van der Waals surface area contributed by atoms with Crippen molar-refractivity contribution in [1.82, 2.24) is 0 Å². The Hall–Kier alpha value is -1.64. The largest absolute Gasteiger partial charge is 1.00 e. The van der Waals surface area contributed by atoms with Crippen molar-refractivity contribution in [2.45, 2.75) is 32.4 Å². The fourth-order valence-corrected chi connectivity index (χ4v) is 3.93. The number of allylic oxidation sites excluding steroid dienone is 1. The summed E-state index contributed by atoms with van der Waals surface area (Å²) in [6.07, 6.45) is 9.52. The molecule has 3 unspecified atom stereocenters. The third-order valence-electron chi connectivity index (χ3n) is 5.24. The van der Waals surface area contributed by atoms with Gasteiger partial charge in [0.2, 0.25) is 0 Å². The lowest BCUT2D eigenvalue weighted by Crippen LogP contribution is -3.00. The predicted molar refractivity (Wildman–Crippen MR) is 90.8 cm³/mol. The number of aromatic nitrogens is 1. The lowest BCUT2D eigenvalue weighted by atomic mass is 9.75. The molecule has 0 spiro atoms. The number of ether oxygens (including phenoxy) is 1. The van der Waals surface area contributed by atoms with Crippen molar-refractivity contribution >= 4 is 0 Å². The summed E-state index contributed by atoms with van der Waals surface area (Å²) in [7, 11) is 0. The van der Waals surface area contributed by atoms with Gasteiger partial charge < -0.3 is 17.1 Å². The first-order chi connectivity index (χ1) is 11.3. The van der Waals surface area contributed by atoms with Crippen LogP contribution in [0, 0.1) is 11.8 Å². The van der Waals surface area contributed by atoms with Gasteiger partial charge in [-0.15, -0.1) is 0 Å². The Balaban J connectivity index is 0.00000169. The number of rotatable bonds is 3. The minimum Gasteiger partial charge on any atom is -1.00 e. The van der Waals surface area contributed by atoms with Crippen LogP contribution in [0.4, 0.5) is 0 Å². The second kappa shape index (κ2) is 7.50. The topological polar surface area (TPSA) is 13.1 Å². The molecule has 1 fully saturated rings. The van der Waals surface area contributed by atoms with Gasteiger partial charge in [-0.1, -0.05) is 42.0 Å². The summed E-state index contributed by atoms with van der Waals surface area (Å²) >= 11 is 0. The average Bonchev–Trinajstić information content (AvgIpc) is 2.60. The van der Waals surface area contributed by atoms with Crippen LogP contribution in [0.15, 0.2) is 66.5 Å². The molecule has 2 aliphatic rings. The lowest BCUT2D eigenvalue weighted by molar-refractivity contribution is -0.689. The Kier molecular flexibility index (Phi) is 5.37. The average molecular weight is 342 g/mol. The Labute approximate surface area is 150 Å². The van der Waals surface area contributed by atoms with Gasteiger partial charge in [0.05, 0.1) is 12.7 Å². The highest BCUT2D eigenvalue weighted by molar-refractivity contribution is 5.20. The van der Waals surface area contributed by atoms with Gasteiger partial charge in [-0.25, -0.2) is 4.57 Å². The van der Waals surface area contributed by atoms with Crippen molar-refractivity contribution in [3.63, 3.8) is 0 Å². The van der Waals surface area contributed by atoms with E-state index in [9.17, 15) is 0 Å². The number of benzene rings is 1. The lowest BCUT2D eigenvalue weighted by Gasteiger charge is -2.39. The molecule has 2 aromatic rings. The summed E-state index contributed by atoms with van der Waals surface area (Å²) in [6.45, 7) is 4.07. The molecule has 1 aromatic carbocycles. The normalized spacial score (nSPS) is 25.5. The summed E-state index contributed by atoms with van der Waals surface area (Å²) in [5.74, 6) is 1.27. The van der Waals surface area contributed by atoms with Crippen molar-refractivity contribution in [3.05, 3.63) is 77.6 Å². The van der Waals surface area contributed by atoms with E-state index in [4.69, 9.17) is 4.74 Å². The number of nitrogens with zero attached hydrogens (tertiary/aromatic N) is 1. The van der Waals surface area contributed by atoms with Crippen molar-refractivity contribution in [1.29, 1.82) is 0 Å². The van der Waals surface area contributed by atoms with Crippen molar-refractivity contribution in [2.24, 2.45) is 11.8 Å². The molecule has 1 aromatic heterocycles. The van der Waals surface area contributed by atoms with Gasteiger partial charge in [0.15, 0.2) is 18.9 Å². The number of pyridine rings is 1. The first-order valence-corrected chi connectivity index (χ1v) is 8.61. The van der Waals surface area contributed by atoms with Crippen LogP contribution in [0.25, 0.3) is 0 Å². The Morgan fingerprint density at radius 2 is 1.96 bits per heavy atom. The molecule has 3 atom stereocenters. The van der Waals surface area contributed by atoms with Gasteiger partial charge >= 0.3 is 0 Å². The van der Waals surface area contributed by atoms with Crippen LogP contribution in [0.1, 0.15) is 37.0 Å². The van der Waals surface area contributed by atoms with Crippen molar-refractivity contribution in [3.8, 4) is 0 Å². The van der Waals surface area contributed by atoms with Gasteiger partial charge in [-0.2, -0.15) is 0 Å². The molecule has 126 valence electrons. The molecular formula is C21H24ClNO. The molecule has 0 amide bonds. The number of hydrogen-bond donors (Lipinski definition) is 0. The van der Waals surface area contributed by atoms with Crippen LogP contribution in [-0.2, 0) is 11.3 Å². The standard InChI is InChI=1S/C21H24NO.ClH/c1-16-9-10-18-12-20(16)21(23-15-18)19-8-5-11-22(14-19)13-17-6-3-2-4-7-17;/h2-9,11,14,18,20-21H,10,12-13,15H2,1H3;1H/q+1;/p-1. The Morgan fingerprint density at radius 1 is 1.12 bits per heavy atom. The molecule has 1 aliphatic heterocycles. The first kappa shape index (κ1) is 17.2. The van der Waals surface area contributed by atoms with Gasteiger partial charge in [-0.05, 0) is 31.7 Å². The van der Waals surface area contributed by atoms with E-state index < -0.39 is 0 Å². The molecule has 24 heavy (non-hydrogen) atoms. The van der Waals surface area contributed by atoms with E-state index in [2.05, 4.69) is 72.4 Å². The molecule has 0 radical (unpaired) electrons. The fourth-order valence-electron chi connectivity index (χ4n) is 3.93. The number of hydrogen-bond acceptors (Lipinski definition) is 1. The van der Waals surface area contributed by atoms with E-state index in [0.29, 0.717) is 5.92 Å². The minimum atomic E-state index is 0. The molecule has 4 rings (SSSR count). The highest BCUT2D eigenvalue weighted by Crippen LogP contribution is 2.43. The zero-order valence-electron chi connectivity index (χ0n) is 14.1. The maximum absolute atomic E-state index is 6.25. The van der Waals surface area contributed by atoms with Crippen LogP contribution in [0.2, 0.25) is 0 Å². The third kappa shape index (κ3) is 3.55. The summed E-state index contributed by atoms with van der Waals surface area (Å²) < 4.78 is 8.52. The predicted octanol–water partition coefficient (Wildman–Crippen LogP) is 1.07. The van der Waals surface area contributed by atoms with E-state index in [1.165, 1.54) is 29.5 Å². The molecule has 0 N–H and O–H groups in total. The quantitative estimate of drug-likeness (QED) is 0.601. The third-order valence-corrected chi connectivity index (χ3v) is 5.24. The molecule has 2 bridgehead atoms. The van der Waals surface area contributed by atoms with E-state index >= 15 is 0 Å². The molecule has 0 saturated carbocycles. The molecule has 2 heterocycles. The molecule has 1 saturated heterocycles. The molecular weight excluding hydrogens is 318 g/mol. The summed E-state index contributed by atoms with van der Waals surface area (Å²) in [5, 5.41) is 0. The molecule has 1 aliphatic carbocycles. The SMILES string of the molecule is CC1=CCC2COC(c3ccc[n+](Cc4ccccc4)c3)C1C2.[Cl-]. The van der Waals surface area contributed by atoms with Crippen LogP contribution in [-0.4, -0.2) is 6.61 Å². The maximum atomic E-state index is 6.25. The smallest absolute Gasteiger partial charge is 0.174 e. The Morgan fingerprint density at radius 3 is 2.79 bits per heavy atom. The second-order valence-corrected chi connectivity index (χ2v) is 6.94. The van der Waals surface area contributed by atoms with Crippen LogP contribution < -0.4 is 17.0 Å². The highest BCUT2D eigenvalue weighted by atomic mass is 35.5. The van der Waals surface area contributed by atoms with Crippen LogP contribution >= 0.6 is 0 Å². The fraction of sp³-hybridized carbons (Fsp3) is 0.381. The summed E-state index contributed by atoms with van der Waals surface area (Å²) in [4.78, 5) is 0. The Bertz CT molecular complexity index is 713.